The van der Waals surface area contributed by atoms with Gasteiger partial charge < -0.3 is 14.6 Å². The number of rotatable bonds is 6. The van der Waals surface area contributed by atoms with E-state index in [2.05, 4.69) is 14.9 Å². The lowest BCUT2D eigenvalue weighted by Crippen LogP contribution is -2.29. The van der Waals surface area contributed by atoms with Crippen molar-refractivity contribution in [3.8, 4) is 0 Å². The van der Waals surface area contributed by atoms with Crippen molar-refractivity contribution >= 4 is 28.3 Å². The molecule has 0 aliphatic carbocycles. The molecule has 3 rings (SSSR count). The molecule has 1 amide bonds. The highest BCUT2D eigenvalue weighted by Gasteiger charge is 2.21. The first kappa shape index (κ1) is 17.6. The Labute approximate surface area is 150 Å². The first-order chi connectivity index (χ1) is 12.0. The zero-order chi connectivity index (χ0) is 18.0. The number of aromatic nitrogens is 3. The van der Waals surface area contributed by atoms with Gasteiger partial charge in [0.1, 0.15) is 11.5 Å². The van der Waals surface area contributed by atoms with E-state index in [0.717, 1.165) is 26.7 Å². The highest BCUT2D eigenvalue weighted by molar-refractivity contribution is 7.11. The Morgan fingerprint density at radius 3 is 2.76 bits per heavy atom. The molecule has 0 aliphatic rings. The van der Waals surface area contributed by atoms with Crippen molar-refractivity contribution in [3.63, 3.8) is 0 Å². The number of carbonyl (C=O) groups is 1. The Balaban J connectivity index is 1.89. The van der Waals surface area contributed by atoms with Gasteiger partial charge in [-0.1, -0.05) is 12.1 Å². The molecule has 0 saturated carbocycles. The Hall–Kier alpha value is -2.25. The average molecular weight is 358 g/mol. The van der Waals surface area contributed by atoms with E-state index in [-0.39, 0.29) is 11.9 Å². The fraction of sp³-hybridized carbons (Fsp3) is 0.389. The number of nitrogens with one attached hydrogen (secondary N) is 1. The number of amides is 1. The summed E-state index contributed by atoms with van der Waals surface area (Å²) in [5, 5.41) is 3.92. The maximum atomic E-state index is 12.6. The second kappa shape index (κ2) is 7.33. The van der Waals surface area contributed by atoms with Gasteiger partial charge in [-0.05, 0) is 32.9 Å². The standard InChI is InChI=1S/C18H22N4O2S/c1-11(19-18(23)16-12(2)25-13(3)20-16)17-21-14-7-5-6-8-15(14)22(17)9-10-24-4/h5-8,11H,9-10H2,1-4H3,(H,19,23). The Bertz CT molecular complexity index is 900. The molecule has 1 N–H and O–H groups in total. The van der Waals surface area contributed by atoms with E-state index in [4.69, 9.17) is 9.72 Å². The number of carbonyl (C=O) groups excluding carboxylic acids is 1. The molecule has 1 unspecified atom stereocenters. The minimum absolute atomic E-state index is 0.167. The molecular formula is C18H22N4O2S. The molecule has 1 atom stereocenters. The molecular weight excluding hydrogens is 336 g/mol. The maximum absolute atomic E-state index is 12.6. The highest BCUT2D eigenvalue weighted by atomic mass is 32.1. The van der Waals surface area contributed by atoms with Gasteiger partial charge in [-0.2, -0.15) is 0 Å². The molecule has 6 nitrogen and oxygen atoms in total. The number of hydrogen-bond acceptors (Lipinski definition) is 5. The van der Waals surface area contributed by atoms with E-state index in [0.29, 0.717) is 18.8 Å². The van der Waals surface area contributed by atoms with Crippen LogP contribution < -0.4 is 5.32 Å². The molecule has 25 heavy (non-hydrogen) atoms. The maximum Gasteiger partial charge on any atom is 0.271 e. The Morgan fingerprint density at radius 1 is 1.32 bits per heavy atom. The SMILES string of the molecule is COCCn1c(C(C)NC(=O)c2nc(C)sc2C)nc2ccccc21. The third-order valence-electron chi connectivity index (χ3n) is 4.06. The number of thiazole rings is 1. The number of fused-ring (bicyclic) bond motifs is 1. The van der Waals surface area contributed by atoms with E-state index >= 15 is 0 Å². The predicted octanol–water partition coefficient (Wildman–Crippen LogP) is 3.25. The van der Waals surface area contributed by atoms with Gasteiger partial charge in [0, 0.05) is 18.5 Å². The summed E-state index contributed by atoms with van der Waals surface area (Å²) in [6.07, 6.45) is 0. The van der Waals surface area contributed by atoms with Crippen molar-refractivity contribution in [1.82, 2.24) is 19.9 Å². The van der Waals surface area contributed by atoms with Crippen LogP contribution in [0.1, 0.15) is 39.2 Å². The molecule has 0 fully saturated rings. The smallest absolute Gasteiger partial charge is 0.271 e. The second-order valence-corrected chi connectivity index (χ2v) is 7.34. The third kappa shape index (κ3) is 3.57. The number of para-hydroxylation sites is 2. The topological polar surface area (TPSA) is 69.0 Å². The van der Waals surface area contributed by atoms with Crippen LogP contribution in [0.5, 0.6) is 0 Å². The zero-order valence-corrected chi connectivity index (χ0v) is 15.7. The number of aryl methyl sites for hydroxylation is 2. The van der Waals surface area contributed by atoms with E-state index < -0.39 is 0 Å². The fourth-order valence-corrected chi connectivity index (χ4v) is 3.73. The largest absolute Gasteiger partial charge is 0.383 e. The van der Waals surface area contributed by atoms with E-state index in [1.54, 1.807) is 7.11 Å². The summed E-state index contributed by atoms with van der Waals surface area (Å²) in [4.78, 5) is 22.5. The van der Waals surface area contributed by atoms with Crippen LogP contribution in [0.4, 0.5) is 0 Å². The Kier molecular flexibility index (Phi) is 5.15. The number of benzene rings is 1. The van der Waals surface area contributed by atoms with Gasteiger partial charge >= 0.3 is 0 Å². The molecule has 1 aromatic carbocycles. The zero-order valence-electron chi connectivity index (χ0n) is 14.9. The van der Waals surface area contributed by atoms with Crippen molar-refractivity contribution in [2.24, 2.45) is 0 Å². The van der Waals surface area contributed by atoms with Gasteiger partial charge in [-0.15, -0.1) is 11.3 Å². The molecule has 0 aliphatic heterocycles. The number of imidazole rings is 1. The first-order valence-corrected chi connectivity index (χ1v) is 9.02. The molecule has 2 aromatic heterocycles. The average Bonchev–Trinajstić information content (AvgIpc) is 3.12. The quantitative estimate of drug-likeness (QED) is 0.734. The lowest BCUT2D eigenvalue weighted by Gasteiger charge is -2.16. The molecule has 132 valence electrons. The lowest BCUT2D eigenvalue weighted by molar-refractivity contribution is 0.0932. The highest BCUT2D eigenvalue weighted by Crippen LogP contribution is 2.22. The minimum Gasteiger partial charge on any atom is -0.383 e. The number of nitrogens with zero attached hydrogens (tertiary/aromatic N) is 3. The second-order valence-electron chi connectivity index (χ2n) is 5.94. The molecule has 2 heterocycles. The van der Waals surface area contributed by atoms with Crippen LogP contribution in [0.15, 0.2) is 24.3 Å². The molecule has 3 aromatic rings. The van der Waals surface area contributed by atoms with Gasteiger partial charge in [-0.3, -0.25) is 4.79 Å². The van der Waals surface area contributed by atoms with Crippen molar-refractivity contribution in [2.75, 3.05) is 13.7 Å². The Morgan fingerprint density at radius 2 is 2.08 bits per heavy atom. The summed E-state index contributed by atoms with van der Waals surface area (Å²) >= 11 is 1.53. The molecule has 0 saturated heterocycles. The van der Waals surface area contributed by atoms with Crippen LogP contribution in [-0.4, -0.2) is 34.2 Å². The molecule has 7 heteroatoms. The number of hydrogen-bond donors (Lipinski definition) is 1. The van der Waals surface area contributed by atoms with Gasteiger partial charge in [0.15, 0.2) is 0 Å². The van der Waals surface area contributed by atoms with Crippen LogP contribution in [-0.2, 0) is 11.3 Å². The van der Waals surface area contributed by atoms with Gasteiger partial charge in [0.25, 0.3) is 5.91 Å². The molecule has 0 bridgehead atoms. The van der Waals surface area contributed by atoms with Gasteiger partial charge in [0.2, 0.25) is 0 Å². The van der Waals surface area contributed by atoms with Crippen molar-refractivity contribution in [1.29, 1.82) is 0 Å². The normalized spacial score (nSPS) is 12.5. The first-order valence-electron chi connectivity index (χ1n) is 8.20. The van der Waals surface area contributed by atoms with Gasteiger partial charge in [-0.25, -0.2) is 9.97 Å². The summed E-state index contributed by atoms with van der Waals surface area (Å²) in [6, 6.07) is 7.72. The summed E-state index contributed by atoms with van der Waals surface area (Å²) < 4.78 is 7.32. The van der Waals surface area contributed by atoms with Gasteiger partial charge in [0.05, 0.1) is 28.7 Å². The monoisotopic (exact) mass is 358 g/mol. The molecule has 0 spiro atoms. The number of methoxy groups -OCH3 is 1. The van der Waals surface area contributed by atoms with E-state index in [9.17, 15) is 4.79 Å². The summed E-state index contributed by atoms with van der Waals surface area (Å²) in [5.41, 5.74) is 2.45. The van der Waals surface area contributed by atoms with Crippen LogP contribution in [0.25, 0.3) is 11.0 Å². The van der Waals surface area contributed by atoms with Crippen LogP contribution in [0.2, 0.25) is 0 Å². The van der Waals surface area contributed by atoms with Crippen molar-refractivity contribution in [2.45, 2.75) is 33.4 Å². The van der Waals surface area contributed by atoms with Crippen LogP contribution in [0.3, 0.4) is 0 Å². The van der Waals surface area contributed by atoms with Crippen molar-refractivity contribution < 1.29 is 9.53 Å². The lowest BCUT2D eigenvalue weighted by atomic mass is 10.2. The predicted molar refractivity (Wildman–Crippen MR) is 99.1 cm³/mol. The fourth-order valence-electron chi connectivity index (χ4n) is 2.91. The summed E-state index contributed by atoms with van der Waals surface area (Å²) in [5.74, 6) is 0.649. The van der Waals surface area contributed by atoms with E-state index in [1.807, 2.05) is 45.0 Å². The minimum atomic E-state index is -0.238. The van der Waals surface area contributed by atoms with Crippen LogP contribution >= 0.6 is 11.3 Å². The van der Waals surface area contributed by atoms with E-state index in [1.165, 1.54) is 11.3 Å². The number of ether oxygens (including phenoxy) is 1. The summed E-state index contributed by atoms with van der Waals surface area (Å²) in [6.45, 7) is 7.02. The molecule has 0 radical (unpaired) electrons. The third-order valence-corrected chi connectivity index (χ3v) is 4.94. The van der Waals surface area contributed by atoms with Crippen molar-refractivity contribution in [3.05, 3.63) is 45.7 Å². The van der Waals surface area contributed by atoms with Crippen LogP contribution in [0, 0.1) is 13.8 Å². The summed E-state index contributed by atoms with van der Waals surface area (Å²) in [7, 11) is 1.68.